The molecular formula is C18H21ClN6O2. The number of imidazole rings is 1. The molecule has 3 N–H and O–H groups in total. The fraction of sp³-hybridized carbons (Fsp3) is 0.389. The predicted molar refractivity (Wildman–Crippen MR) is 106 cm³/mol. The number of nitrogens with zero attached hydrogens (tertiary/aromatic N) is 4. The van der Waals surface area contributed by atoms with E-state index >= 15 is 0 Å². The predicted octanol–water partition coefficient (Wildman–Crippen LogP) is 1.05. The van der Waals surface area contributed by atoms with E-state index in [1.165, 1.54) is 4.57 Å². The van der Waals surface area contributed by atoms with E-state index in [2.05, 4.69) is 14.9 Å². The molecule has 0 saturated carbocycles. The lowest BCUT2D eigenvalue weighted by atomic mass is 10.1. The summed E-state index contributed by atoms with van der Waals surface area (Å²) in [7, 11) is 1.60. The first-order valence-electron chi connectivity index (χ1n) is 8.89. The van der Waals surface area contributed by atoms with Gasteiger partial charge in [0, 0.05) is 31.2 Å². The van der Waals surface area contributed by atoms with E-state index in [0.29, 0.717) is 35.2 Å². The Kier molecular flexibility index (Phi) is 4.53. The first-order valence-corrected chi connectivity index (χ1v) is 9.27. The molecule has 0 bridgehead atoms. The summed E-state index contributed by atoms with van der Waals surface area (Å²) in [5, 5.41) is 0.613. The molecule has 27 heavy (non-hydrogen) atoms. The minimum Gasteiger partial charge on any atom is -0.341 e. The molecule has 2 aromatic heterocycles. The van der Waals surface area contributed by atoms with Crippen molar-refractivity contribution < 1.29 is 0 Å². The van der Waals surface area contributed by atoms with Gasteiger partial charge in [0.05, 0.1) is 6.54 Å². The second-order valence-corrected chi connectivity index (χ2v) is 7.34. The largest absolute Gasteiger partial charge is 0.341 e. The normalized spacial score (nSPS) is 17.6. The average Bonchev–Trinajstić information content (AvgIpc) is 3.02. The second kappa shape index (κ2) is 6.86. The number of rotatable bonds is 3. The van der Waals surface area contributed by atoms with Gasteiger partial charge in [-0.2, -0.15) is 4.98 Å². The second-order valence-electron chi connectivity index (χ2n) is 6.93. The molecule has 142 valence electrons. The number of anilines is 1. The minimum absolute atomic E-state index is 0.0504. The van der Waals surface area contributed by atoms with Crippen molar-refractivity contribution in [3.63, 3.8) is 0 Å². The van der Waals surface area contributed by atoms with E-state index in [0.717, 1.165) is 24.9 Å². The molecule has 1 saturated heterocycles. The number of halogens is 1. The number of aromatic amines is 1. The molecule has 1 unspecified atom stereocenters. The molecule has 0 amide bonds. The highest BCUT2D eigenvalue weighted by molar-refractivity contribution is 6.31. The molecule has 0 spiro atoms. The Labute approximate surface area is 160 Å². The summed E-state index contributed by atoms with van der Waals surface area (Å²) in [6.45, 7) is 1.82. The van der Waals surface area contributed by atoms with Crippen LogP contribution in [-0.4, -0.2) is 38.2 Å². The van der Waals surface area contributed by atoms with Crippen molar-refractivity contribution in [2.45, 2.75) is 25.4 Å². The highest BCUT2D eigenvalue weighted by Gasteiger charge is 2.25. The van der Waals surface area contributed by atoms with E-state index in [1.807, 2.05) is 28.8 Å². The Bertz CT molecular complexity index is 1120. The fourth-order valence-electron chi connectivity index (χ4n) is 3.60. The van der Waals surface area contributed by atoms with Crippen LogP contribution >= 0.6 is 11.6 Å². The molecule has 8 nitrogen and oxygen atoms in total. The first-order chi connectivity index (χ1) is 13.0. The van der Waals surface area contributed by atoms with Gasteiger partial charge in [-0.15, -0.1) is 0 Å². The minimum atomic E-state index is -0.489. The number of aromatic nitrogens is 4. The summed E-state index contributed by atoms with van der Waals surface area (Å²) in [5.74, 6) is 0.631. The molecule has 3 heterocycles. The van der Waals surface area contributed by atoms with Crippen LogP contribution in [0.4, 0.5) is 5.95 Å². The fourth-order valence-corrected chi connectivity index (χ4v) is 3.80. The summed E-state index contributed by atoms with van der Waals surface area (Å²) < 4.78 is 3.18. The number of benzene rings is 1. The van der Waals surface area contributed by atoms with Crippen LogP contribution in [0, 0.1) is 0 Å². The summed E-state index contributed by atoms with van der Waals surface area (Å²) in [6, 6.07) is 7.53. The maximum atomic E-state index is 12.6. The van der Waals surface area contributed by atoms with Gasteiger partial charge in [-0.1, -0.05) is 29.8 Å². The monoisotopic (exact) mass is 388 g/mol. The third-order valence-electron chi connectivity index (χ3n) is 5.01. The van der Waals surface area contributed by atoms with Gasteiger partial charge in [-0.3, -0.25) is 18.9 Å². The Hall–Kier alpha value is -2.58. The maximum Gasteiger partial charge on any atom is 0.329 e. The molecule has 1 atom stereocenters. The number of hydrogen-bond acceptors (Lipinski definition) is 5. The smallest absolute Gasteiger partial charge is 0.329 e. The number of nitrogens with one attached hydrogen (secondary N) is 1. The van der Waals surface area contributed by atoms with E-state index in [-0.39, 0.29) is 6.04 Å². The van der Waals surface area contributed by atoms with Crippen LogP contribution in [0.25, 0.3) is 11.2 Å². The number of hydrogen-bond donors (Lipinski definition) is 2. The van der Waals surface area contributed by atoms with Crippen LogP contribution in [0.2, 0.25) is 5.02 Å². The molecule has 0 radical (unpaired) electrons. The van der Waals surface area contributed by atoms with Crippen LogP contribution in [0.5, 0.6) is 0 Å². The van der Waals surface area contributed by atoms with Gasteiger partial charge >= 0.3 is 5.69 Å². The third-order valence-corrected chi connectivity index (χ3v) is 5.38. The third kappa shape index (κ3) is 3.15. The number of nitrogens with two attached hydrogens (primary N) is 1. The molecule has 9 heteroatoms. The molecule has 4 rings (SSSR count). The van der Waals surface area contributed by atoms with Crippen LogP contribution in [0.15, 0.2) is 33.9 Å². The van der Waals surface area contributed by atoms with Gasteiger partial charge in [-0.05, 0) is 24.5 Å². The molecule has 3 aromatic rings. The van der Waals surface area contributed by atoms with Crippen LogP contribution in [0.1, 0.15) is 18.4 Å². The summed E-state index contributed by atoms with van der Waals surface area (Å²) in [6.07, 6.45) is 1.91. The highest BCUT2D eigenvalue weighted by atomic mass is 35.5. The first kappa shape index (κ1) is 17.8. The lowest BCUT2D eigenvalue weighted by Crippen LogP contribution is -2.44. The van der Waals surface area contributed by atoms with E-state index in [4.69, 9.17) is 17.3 Å². The van der Waals surface area contributed by atoms with Gasteiger partial charge in [0.1, 0.15) is 0 Å². The standard InChI is InChI=1S/C18H21ClN6O2/c1-23-15-14(16(26)22-18(23)27)25(9-11-5-2-3-7-13(11)19)17(21-15)24-8-4-6-12(20)10-24/h2-3,5,7,12H,4,6,8-10,20H2,1H3,(H,22,26,27). The van der Waals surface area contributed by atoms with Crippen molar-refractivity contribution >= 4 is 28.7 Å². The summed E-state index contributed by atoms with van der Waals surface area (Å²) in [4.78, 5) is 33.7. The van der Waals surface area contributed by atoms with E-state index in [1.54, 1.807) is 7.05 Å². The van der Waals surface area contributed by atoms with Gasteiger partial charge in [0.2, 0.25) is 5.95 Å². The lowest BCUT2D eigenvalue weighted by Gasteiger charge is -2.31. The number of aryl methyl sites for hydroxylation is 1. The maximum absolute atomic E-state index is 12.6. The molecule has 1 aliphatic rings. The van der Waals surface area contributed by atoms with E-state index < -0.39 is 11.2 Å². The molecule has 1 aromatic carbocycles. The number of H-pyrrole nitrogens is 1. The van der Waals surface area contributed by atoms with E-state index in [9.17, 15) is 9.59 Å². The van der Waals surface area contributed by atoms with Gasteiger partial charge in [0.25, 0.3) is 5.56 Å². The van der Waals surface area contributed by atoms with Crippen molar-refractivity contribution in [1.29, 1.82) is 0 Å². The van der Waals surface area contributed by atoms with Crippen LogP contribution in [0.3, 0.4) is 0 Å². The van der Waals surface area contributed by atoms with Crippen LogP contribution < -0.4 is 21.9 Å². The van der Waals surface area contributed by atoms with Gasteiger partial charge in [-0.25, -0.2) is 4.79 Å². The number of piperidine rings is 1. The van der Waals surface area contributed by atoms with Gasteiger partial charge < -0.3 is 10.6 Å². The summed E-state index contributed by atoms with van der Waals surface area (Å²) >= 11 is 6.34. The number of fused-ring (bicyclic) bond motifs is 1. The van der Waals surface area contributed by atoms with Crippen molar-refractivity contribution in [3.05, 3.63) is 55.7 Å². The zero-order valence-corrected chi connectivity index (χ0v) is 15.7. The Morgan fingerprint density at radius 2 is 2.11 bits per heavy atom. The zero-order valence-electron chi connectivity index (χ0n) is 15.0. The highest BCUT2D eigenvalue weighted by Crippen LogP contribution is 2.25. The van der Waals surface area contributed by atoms with Crippen molar-refractivity contribution in [2.24, 2.45) is 12.8 Å². The van der Waals surface area contributed by atoms with Crippen LogP contribution in [-0.2, 0) is 13.6 Å². The Morgan fingerprint density at radius 3 is 2.85 bits per heavy atom. The van der Waals surface area contributed by atoms with Crippen molar-refractivity contribution in [1.82, 2.24) is 19.1 Å². The molecule has 1 aliphatic heterocycles. The zero-order chi connectivity index (χ0) is 19.1. The van der Waals surface area contributed by atoms with Crippen molar-refractivity contribution in [2.75, 3.05) is 18.0 Å². The Morgan fingerprint density at radius 1 is 1.33 bits per heavy atom. The topological polar surface area (TPSA) is 102 Å². The molecular weight excluding hydrogens is 368 g/mol. The van der Waals surface area contributed by atoms with Gasteiger partial charge in [0.15, 0.2) is 11.2 Å². The Balaban J connectivity index is 1.94. The molecule has 1 fully saturated rings. The SMILES string of the molecule is Cn1c(=O)[nH]c(=O)c2c1nc(N1CCCC(N)C1)n2Cc1ccccc1Cl. The summed E-state index contributed by atoms with van der Waals surface area (Å²) in [5.41, 5.74) is 6.77. The van der Waals surface area contributed by atoms with Crippen molar-refractivity contribution in [3.8, 4) is 0 Å². The lowest BCUT2D eigenvalue weighted by molar-refractivity contribution is 0.495. The average molecular weight is 389 g/mol. The molecule has 0 aliphatic carbocycles. The quantitative estimate of drug-likeness (QED) is 0.698.